The van der Waals surface area contributed by atoms with E-state index in [1.807, 2.05) is 49.9 Å². The Balaban J connectivity index is 1.23. The van der Waals surface area contributed by atoms with Crippen molar-refractivity contribution < 1.29 is 23.9 Å². The van der Waals surface area contributed by atoms with Crippen LogP contribution in [-0.4, -0.2) is 90.7 Å². The summed E-state index contributed by atoms with van der Waals surface area (Å²) in [6.07, 6.45) is 4.52. The second-order valence-electron chi connectivity index (χ2n) is 12.6. The lowest BCUT2D eigenvalue weighted by Crippen LogP contribution is -2.48. The molecule has 1 saturated heterocycles. The highest BCUT2D eigenvalue weighted by Gasteiger charge is 2.24. The van der Waals surface area contributed by atoms with Gasteiger partial charge >= 0.3 is 6.09 Å². The summed E-state index contributed by atoms with van der Waals surface area (Å²) < 4.78 is 11.3. The zero-order chi connectivity index (χ0) is 30.1. The van der Waals surface area contributed by atoms with E-state index in [2.05, 4.69) is 20.5 Å². The number of amides is 3. The third-order valence-corrected chi connectivity index (χ3v) is 8.08. The van der Waals surface area contributed by atoms with Crippen molar-refractivity contribution in [2.24, 2.45) is 11.8 Å². The average molecular weight is 582 g/mol. The van der Waals surface area contributed by atoms with Gasteiger partial charge < -0.3 is 25.0 Å². The molecular weight excluding hydrogens is 534 g/mol. The van der Waals surface area contributed by atoms with Crippen LogP contribution in [0, 0.1) is 11.8 Å². The first-order valence-electron chi connectivity index (χ1n) is 15.3. The zero-order valence-electron chi connectivity index (χ0n) is 25.6. The molecule has 0 atom stereocenters. The molecule has 0 unspecified atom stereocenters. The van der Waals surface area contributed by atoms with E-state index in [1.165, 1.54) is 0 Å². The highest BCUT2D eigenvalue weighted by molar-refractivity contribution is 6.06. The molecule has 1 aromatic heterocycles. The number of hydrogen-bond donors (Lipinski definition) is 2. The second kappa shape index (κ2) is 14.7. The van der Waals surface area contributed by atoms with Crippen LogP contribution in [0.5, 0.6) is 5.88 Å². The summed E-state index contributed by atoms with van der Waals surface area (Å²) in [7, 11) is 0. The number of fused-ring (bicyclic) bond motifs is 1. The molecule has 3 amide bonds. The average Bonchev–Trinajstić information content (AvgIpc) is 2.96. The molecular formula is C32H47N5O5. The molecule has 2 aliphatic rings. The highest BCUT2D eigenvalue weighted by Crippen LogP contribution is 2.28. The van der Waals surface area contributed by atoms with Gasteiger partial charge in [0.1, 0.15) is 5.60 Å². The number of pyridine rings is 1. The number of rotatable bonds is 10. The van der Waals surface area contributed by atoms with Gasteiger partial charge in [-0.2, -0.15) is 0 Å². The zero-order valence-corrected chi connectivity index (χ0v) is 25.6. The first kappa shape index (κ1) is 31.5. The van der Waals surface area contributed by atoms with Gasteiger partial charge in [-0.25, -0.2) is 9.78 Å². The Morgan fingerprint density at radius 3 is 2.24 bits per heavy atom. The lowest BCUT2D eigenvalue weighted by molar-refractivity contribution is -0.130. The maximum atomic E-state index is 13.3. The van der Waals surface area contributed by atoms with Crippen LogP contribution in [0.4, 0.5) is 4.79 Å². The number of nitrogens with zero attached hydrogens (tertiary/aromatic N) is 3. The summed E-state index contributed by atoms with van der Waals surface area (Å²) in [5.74, 6) is 1.32. The molecule has 230 valence electrons. The van der Waals surface area contributed by atoms with Crippen LogP contribution in [0.25, 0.3) is 10.9 Å². The highest BCUT2D eigenvalue weighted by atomic mass is 16.6. The van der Waals surface area contributed by atoms with Gasteiger partial charge in [-0.1, -0.05) is 18.2 Å². The van der Waals surface area contributed by atoms with Gasteiger partial charge in [0.25, 0.3) is 5.91 Å². The van der Waals surface area contributed by atoms with E-state index >= 15 is 0 Å². The molecule has 42 heavy (non-hydrogen) atoms. The Morgan fingerprint density at radius 2 is 1.60 bits per heavy atom. The molecule has 2 fully saturated rings. The quantitative estimate of drug-likeness (QED) is 0.404. The van der Waals surface area contributed by atoms with Crippen LogP contribution >= 0.6 is 0 Å². The first-order chi connectivity index (χ1) is 20.1. The Bertz CT molecular complexity index is 1210. The lowest BCUT2D eigenvalue weighted by Gasteiger charge is -2.34. The van der Waals surface area contributed by atoms with Crippen molar-refractivity contribution in [2.45, 2.75) is 65.4 Å². The topological polar surface area (TPSA) is 113 Å². The Labute approximate surface area is 249 Å². The van der Waals surface area contributed by atoms with Gasteiger partial charge in [0.05, 0.1) is 17.7 Å². The smallest absolute Gasteiger partial charge is 0.407 e. The lowest BCUT2D eigenvalue weighted by atomic mass is 9.82. The van der Waals surface area contributed by atoms with Crippen molar-refractivity contribution >= 4 is 28.8 Å². The monoisotopic (exact) mass is 581 g/mol. The summed E-state index contributed by atoms with van der Waals surface area (Å²) in [6, 6.07) is 9.41. The minimum Gasteiger partial charge on any atom is -0.478 e. The van der Waals surface area contributed by atoms with Crippen LogP contribution in [0.2, 0.25) is 0 Å². The van der Waals surface area contributed by atoms with E-state index in [-0.39, 0.29) is 17.9 Å². The number of aromatic nitrogens is 1. The molecule has 2 N–H and O–H groups in total. The largest absolute Gasteiger partial charge is 0.478 e. The van der Waals surface area contributed by atoms with Gasteiger partial charge in [-0.15, -0.1) is 0 Å². The standard InChI is InChI=1S/C32H47N5O5/c1-23(38)37-17-15-36(16-18-37)14-7-19-41-29-20-27(26-8-5-6-9-28(26)35-29)30(39)33-21-24-10-12-25(13-11-24)22-34-31(40)42-32(2,3)4/h5-6,8-9,20,24-25H,7,10-19,21-22H2,1-4H3,(H,33,39)(H,34,40). The van der Waals surface area contributed by atoms with Gasteiger partial charge in [0, 0.05) is 64.2 Å². The van der Waals surface area contributed by atoms with Gasteiger partial charge in [-0.3, -0.25) is 14.5 Å². The van der Waals surface area contributed by atoms with Crippen LogP contribution < -0.4 is 15.4 Å². The van der Waals surface area contributed by atoms with Crippen LogP contribution in [0.1, 0.15) is 70.2 Å². The fraction of sp³-hybridized carbons (Fsp3) is 0.625. The van der Waals surface area contributed by atoms with Gasteiger partial charge in [0.15, 0.2) is 0 Å². The SMILES string of the molecule is CC(=O)N1CCN(CCCOc2cc(C(=O)NCC3CCC(CNC(=O)OC(C)(C)C)CC3)c3ccccc3n2)CC1. The molecule has 1 aliphatic carbocycles. The summed E-state index contributed by atoms with van der Waals surface area (Å²) >= 11 is 0. The van der Waals surface area contributed by atoms with Crippen molar-refractivity contribution in [2.75, 3.05) is 52.4 Å². The van der Waals surface area contributed by atoms with Crippen LogP contribution in [0.15, 0.2) is 30.3 Å². The molecule has 2 aromatic rings. The number of alkyl carbamates (subject to hydrolysis) is 1. The summed E-state index contributed by atoms with van der Waals surface area (Å²) in [5, 5.41) is 6.86. The maximum Gasteiger partial charge on any atom is 0.407 e. The van der Waals surface area contributed by atoms with Crippen molar-refractivity contribution in [1.82, 2.24) is 25.4 Å². The number of nitrogens with one attached hydrogen (secondary N) is 2. The Kier molecular flexibility index (Phi) is 11.0. The molecule has 2 heterocycles. The third-order valence-electron chi connectivity index (χ3n) is 8.08. The molecule has 1 saturated carbocycles. The second-order valence-corrected chi connectivity index (χ2v) is 12.6. The van der Waals surface area contributed by atoms with Gasteiger partial charge in [0.2, 0.25) is 11.8 Å². The number of hydrogen-bond acceptors (Lipinski definition) is 7. The van der Waals surface area contributed by atoms with Crippen molar-refractivity contribution in [1.29, 1.82) is 0 Å². The predicted molar refractivity (Wildman–Crippen MR) is 163 cm³/mol. The van der Waals surface area contributed by atoms with E-state index in [4.69, 9.17) is 9.47 Å². The van der Waals surface area contributed by atoms with E-state index in [0.29, 0.717) is 43.0 Å². The number of benzene rings is 1. The number of ether oxygens (including phenoxy) is 2. The van der Waals surface area contributed by atoms with Crippen molar-refractivity contribution in [3.8, 4) is 5.88 Å². The van der Waals surface area contributed by atoms with Gasteiger partial charge in [-0.05, 0) is 70.8 Å². The number of carbonyl (C=O) groups is 3. The molecule has 0 radical (unpaired) electrons. The summed E-state index contributed by atoms with van der Waals surface area (Å²) in [4.78, 5) is 45.7. The van der Waals surface area contributed by atoms with E-state index in [9.17, 15) is 14.4 Å². The minimum atomic E-state index is -0.498. The Morgan fingerprint density at radius 1 is 0.952 bits per heavy atom. The summed E-state index contributed by atoms with van der Waals surface area (Å²) in [6.45, 7) is 13.1. The van der Waals surface area contributed by atoms with Crippen LogP contribution in [-0.2, 0) is 9.53 Å². The predicted octanol–water partition coefficient (Wildman–Crippen LogP) is 4.23. The molecule has 0 bridgehead atoms. The third kappa shape index (κ3) is 9.58. The van der Waals surface area contributed by atoms with E-state index in [0.717, 1.165) is 75.7 Å². The van der Waals surface area contributed by atoms with Crippen molar-refractivity contribution in [3.63, 3.8) is 0 Å². The normalized spacial score (nSPS) is 19.8. The van der Waals surface area contributed by atoms with Crippen LogP contribution in [0.3, 0.4) is 0 Å². The molecule has 10 nitrogen and oxygen atoms in total. The number of carbonyl (C=O) groups excluding carboxylic acids is 3. The minimum absolute atomic E-state index is 0.115. The first-order valence-corrected chi connectivity index (χ1v) is 15.3. The molecule has 1 aliphatic heterocycles. The number of piperazine rings is 1. The molecule has 0 spiro atoms. The number of para-hydroxylation sites is 1. The molecule has 4 rings (SSSR count). The maximum absolute atomic E-state index is 13.3. The molecule has 1 aromatic carbocycles. The van der Waals surface area contributed by atoms with E-state index < -0.39 is 5.60 Å². The van der Waals surface area contributed by atoms with E-state index in [1.54, 1.807) is 13.0 Å². The summed E-state index contributed by atoms with van der Waals surface area (Å²) in [5.41, 5.74) is 0.812. The fourth-order valence-corrected chi connectivity index (χ4v) is 5.68. The van der Waals surface area contributed by atoms with Crippen molar-refractivity contribution in [3.05, 3.63) is 35.9 Å². The molecule has 10 heteroatoms. The Hall–Kier alpha value is -3.40. The fourth-order valence-electron chi connectivity index (χ4n) is 5.68.